The van der Waals surface area contributed by atoms with Gasteiger partial charge < -0.3 is 30.3 Å². The Bertz CT molecular complexity index is 1160. The van der Waals surface area contributed by atoms with Crippen molar-refractivity contribution >= 4 is 29.2 Å². The predicted octanol–water partition coefficient (Wildman–Crippen LogP) is 4.70. The van der Waals surface area contributed by atoms with Gasteiger partial charge in [-0.3, -0.25) is 0 Å². The smallest absolute Gasteiger partial charge is 0.407 e. The summed E-state index contributed by atoms with van der Waals surface area (Å²) in [5.74, 6) is -1.13. The fourth-order valence-corrected chi connectivity index (χ4v) is 3.94. The van der Waals surface area contributed by atoms with E-state index in [1.165, 1.54) is 12.3 Å². The van der Waals surface area contributed by atoms with Crippen molar-refractivity contribution in [3.8, 4) is 6.07 Å². The van der Waals surface area contributed by atoms with Gasteiger partial charge in [-0.1, -0.05) is 13.3 Å². The molecule has 0 spiro atoms. The highest BCUT2D eigenvalue weighted by Crippen LogP contribution is 2.27. The van der Waals surface area contributed by atoms with Gasteiger partial charge in [0.15, 0.2) is 29.1 Å². The van der Waals surface area contributed by atoms with Gasteiger partial charge in [-0.2, -0.15) is 5.26 Å². The minimum absolute atomic E-state index is 0.0414. The van der Waals surface area contributed by atoms with Gasteiger partial charge in [0.25, 0.3) is 0 Å². The number of nitrogens with one attached hydrogen (secondary N) is 3. The minimum atomic E-state index is -0.732. The van der Waals surface area contributed by atoms with Crippen LogP contribution in [0.25, 0.3) is 0 Å². The number of amides is 1. The fourth-order valence-electron chi connectivity index (χ4n) is 3.94. The third-order valence-electron chi connectivity index (χ3n) is 5.76. The maximum absolute atomic E-state index is 14.9. The molecule has 1 amide bonds. The molecule has 10 nitrogen and oxygen atoms in total. The predicted molar refractivity (Wildman–Crippen MR) is 141 cm³/mol. The molecule has 0 unspecified atom stereocenters. The van der Waals surface area contributed by atoms with E-state index in [9.17, 15) is 18.8 Å². The van der Waals surface area contributed by atoms with Gasteiger partial charge in [-0.15, -0.1) is 0 Å². The number of morpholine rings is 1. The second-order valence-electron chi connectivity index (χ2n) is 10.1. The van der Waals surface area contributed by atoms with Crippen molar-refractivity contribution in [2.75, 3.05) is 41.8 Å². The van der Waals surface area contributed by atoms with E-state index >= 15 is 0 Å². The topological polar surface area (TPSA) is 124 Å². The average molecular weight is 532 g/mol. The first-order valence-electron chi connectivity index (χ1n) is 12.6. The Morgan fingerprint density at radius 2 is 1.95 bits per heavy atom. The van der Waals surface area contributed by atoms with E-state index in [4.69, 9.17) is 9.47 Å². The van der Waals surface area contributed by atoms with Gasteiger partial charge in [0, 0.05) is 31.2 Å². The molecular formula is C26H35F2N7O3. The summed E-state index contributed by atoms with van der Waals surface area (Å²) in [4.78, 5) is 22.5. The van der Waals surface area contributed by atoms with Crippen LogP contribution < -0.4 is 20.9 Å². The molecular weight excluding hydrogens is 496 g/mol. The van der Waals surface area contributed by atoms with Crippen molar-refractivity contribution < 1.29 is 23.0 Å². The van der Waals surface area contributed by atoms with Crippen LogP contribution in [0.5, 0.6) is 0 Å². The lowest BCUT2D eigenvalue weighted by atomic mass is 10.0. The zero-order valence-corrected chi connectivity index (χ0v) is 22.4. The largest absolute Gasteiger partial charge is 0.444 e. The fraction of sp³-hybridized carbons (Fsp3) is 0.538. The molecule has 0 radical (unpaired) electrons. The van der Waals surface area contributed by atoms with Crippen molar-refractivity contribution in [2.24, 2.45) is 0 Å². The van der Waals surface area contributed by atoms with Gasteiger partial charge in [-0.05, 0) is 40.2 Å². The van der Waals surface area contributed by atoms with E-state index in [0.717, 1.165) is 12.5 Å². The van der Waals surface area contributed by atoms with Crippen molar-refractivity contribution in [3.63, 3.8) is 0 Å². The summed E-state index contributed by atoms with van der Waals surface area (Å²) < 4.78 is 40.4. The van der Waals surface area contributed by atoms with Crippen molar-refractivity contribution in [1.82, 2.24) is 15.3 Å². The number of pyridine rings is 2. The van der Waals surface area contributed by atoms with Crippen LogP contribution in [0, 0.1) is 23.0 Å². The first-order valence-corrected chi connectivity index (χ1v) is 12.6. The third kappa shape index (κ3) is 7.89. The first kappa shape index (κ1) is 28.8. The van der Waals surface area contributed by atoms with Crippen LogP contribution in [0.2, 0.25) is 0 Å². The number of alkyl carbamates (subject to hydrolysis) is 1. The molecule has 3 rings (SSSR count). The summed E-state index contributed by atoms with van der Waals surface area (Å²) in [6.07, 6.45) is 2.19. The molecule has 206 valence electrons. The summed E-state index contributed by atoms with van der Waals surface area (Å²) in [6, 6.07) is 3.40. The highest BCUT2D eigenvalue weighted by atomic mass is 19.1. The van der Waals surface area contributed by atoms with Crippen LogP contribution >= 0.6 is 0 Å². The number of hydrogen-bond donors (Lipinski definition) is 3. The summed E-state index contributed by atoms with van der Waals surface area (Å²) in [5.41, 5.74) is -0.461. The highest BCUT2D eigenvalue weighted by Gasteiger charge is 2.24. The Kier molecular flexibility index (Phi) is 9.63. The molecule has 2 aromatic rings. The molecule has 1 saturated heterocycles. The number of carbonyl (C=O) groups is 1. The number of carbonyl (C=O) groups excluding carboxylic acids is 1. The van der Waals surface area contributed by atoms with Crippen molar-refractivity contribution in [1.29, 1.82) is 5.26 Å². The summed E-state index contributed by atoms with van der Waals surface area (Å²) in [6.45, 7) is 11.1. The normalized spacial score (nSPS) is 15.3. The van der Waals surface area contributed by atoms with Crippen LogP contribution in [0.4, 0.5) is 36.7 Å². The van der Waals surface area contributed by atoms with E-state index in [1.807, 2.05) is 13.0 Å². The number of anilines is 4. The molecule has 1 fully saturated rings. The number of rotatable bonds is 9. The quantitative estimate of drug-likeness (QED) is 0.422. The molecule has 1 aliphatic heterocycles. The SMILES string of the molecule is CCC[C@@H](Nc1nc(Nc2cnc(N3CCOCC3)c(F)c2)c(C#N)cc1F)[C@H](C)NC(=O)OC(C)(C)C. The molecule has 0 aliphatic carbocycles. The van der Waals surface area contributed by atoms with Crippen molar-refractivity contribution in [2.45, 2.75) is 65.1 Å². The highest BCUT2D eigenvalue weighted by molar-refractivity contribution is 5.68. The number of nitriles is 1. The van der Waals surface area contributed by atoms with E-state index in [2.05, 4.69) is 25.9 Å². The zero-order chi connectivity index (χ0) is 27.9. The molecule has 2 atom stereocenters. The van der Waals surface area contributed by atoms with Crippen LogP contribution in [0.3, 0.4) is 0 Å². The van der Waals surface area contributed by atoms with E-state index in [-0.39, 0.29) is 34.7 Å². The van der Waals surface area contributed by atoms with Crippen LogP contribution in [0.1, 0.15) is 53.0 Å². The molecule has 38 heavy (non-hydrogen) atoms. The summed E-state index contributed by atoms with van der Waals surface area (Å²) in [5, 5.41) is 18.2. The van der Waals surface area contributed by atoms with Crippen LogP contribution in [0.15, 0.2) is 18.3 Å². The van der Waals surface area contributed by atoms with Gasteiger partial charge in [0.05, 0.1) is 30.7 Å². The third-order valence-corrected chi connectivity index (χ3v) is 5.76. The first-order chi connectivity index (χ1) is 18.0. The van der Waals surface area contributed by atoms with E-state index in [1.54, 1.807) is 32.6 Å². The lowest BCUT2D eigenvalue weighted by Crippen LogP contribution is -2.46. The standard InChI is InChI=1S/C26H35F2N7O3/c1-6-7-21(16(2)31-25(36)38-26(3,4)5)33-23-19(27)12-17(14-29)22(34-23)32-18-13-20(28)24(30-15-18)35-8-10-37-11-9-35/h12-13,15-16,21H,6-11H2,1-5H3,(H,31,36)(H2,32,33,34)/t16-,21+/m0/s1. The molecule has 0 aromatic carbocycles. The van der Waals surface area contributed by atoms with Crippen LogP contribution in [-0.4, -0.2) is 60.0 Å². The Hall–Kier alpha value is -3.72. The summed E-state index contributed by atoms with van der Waals surface area (Å²) in [7, 11) is 0. The van der Waals surface area contributed by atoms with Gasteiger partial charge in [0.1, 0.15) is 11.7 Å². The molecule has 3 N–H and O–H groups in total. The monoisotopic (exact) mass is 531 g/mol. The van der Waals surface area contributed by atoms with Gasteiger partial charge >= 0.3 is 6.09 Å². The molecule has 0 saturated carbocycles. The number of nitrogens with zero attached hydrogens (tertiary/aromatic N) is 4. The van der Waals surface area contributed by atoms with E-state index in [0.29, 0.717) is 32.7 Å². The maximum atomic E-state index is 14.9. The lowest BCUT2D eigenvalue weighted by molar-refractivity contribution is 0.0502. The Morgan fingerprint density at radius 1 is 1.24 bits per heavy atom. The minimum Gasteiger partial charge on any atom is -0.444 e. The number of ether oxygens (including phenoxy) is 2. The Balaban J connectivity index is 1.80. The molecule has 12 heteroatoms. The zero-order valence-electron chi connectivity index (χ0n) is 22.4. The maximum Gasteiger partial charge on any atom is 0.407 e. The van der Waals surface area contributed by atoms with Crippen molar-refractivity contribution in [3.05, 3.63) is 35.5 Å². The second kappa shape index (κ2) is 12.7. The molecule has 2 aromatic heterocycles. The van der Waals surface area contributed by atoms with Gasteiger partial charge in [-0.25, -0.2) is 23.5 Å². The number of aromatic nitrogens is 2. The Morgan fingerprint density at radius 3 is 2.55 bits per heavy atom. The number of halogens is 2. The summed E-state index contributed by atoms with van der Waals surface area (Å²) >= 11 is 0. The van der Waals surface area contributed by atoms with Gasteiger partial charge in [0.2, 0.25) is 0 Å². The molecule has 0 bridgehead atoms. The molecule has 3 heterocycles. The lowest BCUT2D eigenvalue weighted by Gasteiger charge is -2.28. The second-order valence-corrected chi connectivity index (χ2v) is 10.1. The molecule has 1 aliphatic rings. The van der Waals surface area contributed by atoms with Crippen LogP contribution in [-0.2, 0) is 9.47 Å². The number of hydrogen-bond acceptors (Lipinski definition) is 9. The average Bonchev–Trinajstić information content (AvgIpc) is 2.84. The van der Waals surface area contributed by atoms with E-state index < -0.39 is 29.4 Å². The Labute approximate surface area is 221 Å².